The second kappa shape index (κ2) is 6.77. The number of nitrogens with zero attached hydrogens (tertiary/aromatic N) is 3. The Bertz CT molecular complexity index is 614. The number of likely N-dealkylation sites (tertiary alicyclic amines) is 1. The first-order valence-electron chi connectivity index (χ1n) is 7.57. The number of hydrogen-bond donors (Lipinski definition) is 1. The van der Waals surface area contributed by atoms with Gasteiger partial charge in [-0.15, -0.1) is 0 Å². The van der Waals surface area contributed by atoms with Gasteiger partial charge in [-0.05, 0) is 43.5 Å². The number of hydrogen-bond acceptors (Lipinski definition) is 5. The highest BCUT2D eigenvalue weighted by atomic mass is 35.5. The average molecular weight is 322 g/mol. The first-order chi connectivity index (χ1) is 10.7. The van der Waals surface area contributed by atoms with Crippen molar-refractivity contribution >= 4 is 11.6 Å². The molecular weight excluding hydrogens is 302 g/mol. The monoisotopic (exact) mass is 321 g/mol. The second-order valence-electron chi connectivity index (χ2n) is 5.86. The molecule has 5 nitrogen and oxygen atoms in total. The van der Waals surface area contributed by atoms with Gasteiger partial charge in [0.2, 0.25) is 5.89 Å². The third-order valence-electron chi connectivity index (χ3n) is 4.24. The zero-order valence-electron chi connectivity index (χ0n) is 12.6. The molecule has 2 unspecified atom stereocenters. The number of benzene rings is 1. The van der Waals surface area contributed by atoms with Gasteiger partial charge >= 0.3 is 0 Å². The number of aromatic nitrogens is 2. The topological polar surface area (TPSA) is 62.4 Å². The molecule has 22 heavy (non-hydrogen) atoms. The van der Waals surface area contributed by atoms with E-state index in [1.807, 2.05) is 24.3 Å². The van der Waals surface area contributed by atoms with Crippen molar-refractivity contribution in [2.75, 3.05) is 19.7 Å². The van der Waals surface area contributed by atoms with Crippen LogP contribution in [0.3, 0.4) is 0 Å². The SMILES string of the molecule is CC(c1nc(Cc2ccc(Cl)cc2)no1)N1CCC(CO)C1. The molecule has 1 saturated heterocycles. The third kappa shape index (κ3) is 3.48. The summed E-state index contributed by atoms with van der Waals surface area (Å²) >= 11 is 5.88. The molecule has 2 aromatic rings. The smallest absolute Gasteiger partial charge is 0.243 e. The highest BCUT2D eigenvalue weighted by Crippen LogP contribution is 2.26. The molecule has 3 rings (SSSR count). The lowest BCUT2D eigenvalue weighted by Crippen LogP contribution is -2.25. The van der Waals surface area contributed by atoms with Gasteiger partial charge in [0.15, 0.2) is 5.82 Å². The molecule has 1 aromatic carbocycles. The molecule has 1 aliphatic rings. The Labute approximate surface area is 134 Å². The summed E-state index contributed by atoms with van der Waals surface area (Å²) in [5, 5.41) is 14.0. The van der Waals surface area contributed by atoms with Crippen LogP contribution in [-0.2, 0) is 6.42 Å². The first-order valence-corrected chi connectivity index (χ1v) is 7.95. The maximum absolute atomic E-state index is 9.24. The minimum Gasteiger partial charge on any atom is -0.396 e. The number of aliphatic hydroxyl groups is 1. The fraction of sp³-hybridized carbons (Fsp3) is 0.500. The van der Waals surface area contributed by atoms with E-state index in [2.05, 4.69) is 22.0 Å². The second-order valence-corrected chi connectivity index (χ2v) is 6.30. The molecule has 1 aliphatic heterocycles. The van der Waals surface area contributed by atoms with Crippen LogP contribution in [0.5, 0.6) is 0 Å². The fourth-order valence-corrected chi connectivity index (χ4v) is 2.94. The van der Waals surface area contributed by atoms with Gasteiger partial charge in [0.05, 0.1) is 6.04 Å². The summed E-state index contributed by atoms with van der Waals surface area (Å²) in [4.78, 5) is 6.79. The standard InChI is InChI=1S/C16H20ClN3O2/c1-11(20-7-6-13(9-20)10-21)16-18-15(19-22-16)8-12-2-4-14(17)5-3-12/h2-5,11,13,21H,6-10H2,1H3. The van der Waals surface area contributed by atoms with Crippen LogP contribution in [0.1, 0.15) is 36.7 Å². The van der Waals surface area contributed by atoms with Gasteiger partial charge in [-0.25, -0.2) is 0 Å². The summed E-state index contributed by atoms with van der Waals surface area (Å²) in [6, 6.07) is 7.74. The van der Waals surface area contributed by atoms with Crippen molar-refractivity contribution in [3.63, 3.8) is 0 Å². The molecule has 1 N–H and O–H groups in total. The van der Waals surface area contributed by atoms with E-state index in [4.69, 9.17) is 16.1 Å². The van der Waals surface area contributed by atoms with Crippen LogP contribution in [-0.4, -0.2) is 39.8 Å². The van der Waals surface area contributed by atoms with Crippen LogP contribution in [0.25, 0.3) is 0 Å². The van der Waals surface area contributed by atoms with Crippen LogP contribution in [0, 0.1) is 5.92 Å². The average Bonchev–Trinajstić information content (AvgIpc) is 3.18. The summed E-state index contributed by atoms with van der Waals surface area (Å²) in [7, 11) is 0. The largest absolute Gasteiger partial charge is 0.396 e. The predicted molar refractivity (Wildman–Crippen MR) is 83.7 cm³/mol. The van der Waals surface area contributed by atoms with E-state index in [-0.39, 0.29) is 12.6 Å². The lowest BCUT2D eigenvalue weighted by molar-refractivity contribution is 0.182. The fourth-order valence-electron chi connectivity index (χ4n) is 2.81. The van der Waals surface area contributed by atoms with E-state index in [9.17, 15) is 5.11 Å². The Balaban J connectivity index is 1.64. The van der Waals surface area contributed by atoms with Crippen LogP contribution < -0.4 is 0 Å². The molecular formula is C16H20ClN3O2. The van der Waals surface area contributed by atoms with E-state index in [0.29, 0.717) is 24.1 Å². The number of aliphatic hydroxyl groups excluding tert-OH is 1. The number of rotatable bonds is 5. The van der Waals surface area contributed by atoms with Gasteiger partial charge in [0.1, 0.15) is 0 Å². The van der Waals surface area contributed by atoms with E-state index in [1.165, 1.54) is 0 Å². The molecule has 1 aromatic heterocycles. The van der Waals surface area contributed by atoms with E-state index in [0.717, 1.165) is 30.1 Å². The third-order valence-corrected chi connectivity index (χ3v) is 4.49. The summed E-state index contributed by atoms with van der Waals surface area (Å²) < 4.78 is 5.41. The Morgan fingerprint density at radius 1 is 1.41 bits per heavy atom. The molecule has 0 amide bonds. The van der Waals surface area contributed by atoms with Crippen molar-refractivity contribution in [1.82, 2.24) is 15.0 Å². The quantitative estimate of drug-likeness (QED) is 0.917. The van der Waals surface area contributed by atoms with Gasteiger partial charge in [-0.2, -0.15) is 4.98 Å². The zero-order chi connectivity index (χ0) is 15.5. The highest BCUT2D eigenvalue weighted by Gasteiger charge is 2.29. The highest BCUT2D eigenvalue weighted by molar-refractivity contribution is 6.30. The van der Waals surface area contributed by atoms with Crippen molar-refractivity contribution in [2.45, 2.75) is 25.8 Å². The Morgan fingerprint density at radius 3 is 2.86 bits per heavy atom. The molecule has 118 valence electrons. The van der Waals surface area contributed by atoms with Crippen molar-refractivity contribution in [3.05, 3.63) is 46.6 Å². The molecule has 6 heteroatoms. The van der Waals surface area contributed by atoms with Crippen LogP contribution in [0.15, 0.2) is 28.8 Å². The van der Waals surface area contributed by atoms with Crippen molar-refractivity contribution in [2.24, 2.45) is 5.92 Å². The maximum Gasteiger partial charge on any atom is 0.243 e. The molecule has 1 fully saturated rings. The van der Waals surface area contributed by atoms with Crippen molar-refractivity contribution < 1.29 is 9.63 Å². The lowest BCUT2D eigenvalue weighted by atomic mass is 10.1. The summed E-state index contributed by atoms with van der Waals surface area (Å²) in [5.41, 5.74) is 1.10. The Morgan fingerprint density at radius 2 is 2.18 bits per heavy atom. The molecule has 0 spiro atoms. The van der Waals surface area contributed by atoms with Crippen LogP contribution in [0.2, 0.25) is 5.02 Å². The van der Waals surface area contributed by atoms with Crippen molar-refractivity contribution in [3.8, 4) is 0 Å². The first kappa shape index (κ1) is 15.5. The molecule has 2 heterocycles. The van der Waals surface area contributed by atoms with Gasteiger partial charge in [0, 0.05) is 24.6 Å². The van der Waals surface area contributed by atoms with Crippen LogP contribution >= 0.6 is 11.6 Å². The summed E-state index contributed by atoms with van der Waals surface area (Å²) in [5.74, 6) is 1.68. The van der Waals surface area contributed by atoms with E-state index < -0.39 is 0 Å². The summed E-state index contributed by atoms with van der Waals surface area (Å²) in [6.07, 6.45) is 1.65. The number of halogens is 1. The zero-order valence-corrected chi connectivity index (χ0v) is 13.3. The molecule has 0 saturated carbocycles. The van der Waals surface area contributed by atoms with Crippen molar-refractivity contribution in [1.29, 1.82) is 0 Å². The van der Waals surface area contributed by atoms with Gasteiger partial charge < -0.3 is 9.63 Å². The molecule has 0 aliphatic carbocycles. The minimum absolute atomic E-state index is 0.0861. The lowest BCUT2D eigenvalue weighted by Gasteiger charge is -2.20. The maximum atomic E-state index is 9.24. The van der Waals surface area contributed by atoms with Gasteiger partial charge in [0.25, 0.3) is 0 Å². The van der Waals surface area contributed by atoms with E-state index in [1.54, 1.807) is 0 Å². The van der Waals surface area contributed by atoms with Gasteiger partial charge in [-0.1, -0.05) is 28.9 Å². The van der Waals surface area contributed by atoms with Gasteiger partial charge in [-0.3, -0.25) is 4.90 Å². The Kier molecular flexibility index (Phi) is 4.76. The predicted octanol–water partition coefficient (Wildman–Crippen LogP) is 2.69. The van der Waals surface area contributed by atoms with Crippen LogP contribution in [0.4, 0.5) is 0 Å². The Hall–Kier alpha value is -1.43. The minimum atomic E-state index is 0.0861. The molecule has 0 bridgehead atoms. The normalized spacial score (nSPS) is 20.4. The molecule has 0 radical (unpaired) electrons. The molecule has 2 atom stereocenters. The summed E-state index contributed by atoms with van der Waals surface area (Å²) in [6.45, 7) is 4.15. The van der Waals surface area contributed by atoms with E-state index >= 15 is 0 Å².